The van der Waals surface area contributed by atoms with Crippen LogP contribution in [0.4, 0.5) is 26.3 Å². The molecule has 0 bridgehead atoms. The van der Waals surface area contributed by atoms with Crippen LogP contribution >= 0.6 is 0 Å². The molecule has 1 rings (SSSR count). The molecule has 1 fully saturated rings. The lowest BCUT2D eigenvalue weighted by Crippen LogP contribution is -2.46. The van der Waals surface area contributed by atoms with Crippen molar-refractivity contribution in [2.45, 2.75) is 12.4 Å². The highest BCUT2D eigenvalue weighted by molar-refractivity contribution is 5.73. The first-order valence-corrected chi connectivity index (χ1v) is 6.30. The van der Waals surface area contributed by atoms with Gasteiger partial charge in [-0.2, -0.15) is 26.3 Å². The van der Waals surface area contributed by atoms with E-state index in [4.69, 9.17) is 24.9 Å². The third kappa shape index (κ3) is 15.2. The summed E-state index contributed by atoms with van der Waals surface area (Å²) in [7, 11) is 2.05. The maximum atomic E-state index is 10.6. The van der Waals surface area contributed by atoms with E-state index in [2.05, 4.69) is 11.9 Å². The molecule has 0 aromatic carbocycles. The molecule has 3 N–H and O–H groups in total. The average molecular weight is 386 g/mol. The molecular formula is C11H16F6N2O6. The average Bonchev–Trinajstić information content (AvgIpc) is 2.40. The second kappa shape index (κ2) is 10.7. The second-order valence-corrected chi connectivity index (χ2v) is 4.58. The Balaban J connectivity index is 0. The molecule has 148 valence electrons. The van der Waals surface area contributed by atoms with Gasteiger partial charge in [-0.15, -0.1) is 0 Å². The van der Waals surface area contributed by atoms with Gasteiger partial charge in [0.25, 0.3) is 0 Å². The van der Waals surface area contributed by atoms with Crippen LogP contribution in [-0.4, -0.2) is 95.2 Å². The summed E-state index contributed by atoms with van der Waals surface area (Å²) < 4.78 is 63.5. The van der Waals surface area contributed by atoms with E-state index in [0.717, 1.165) is 26.2 Å². The summed E-state index contributed by atoms with van der Waals surface area (Å²) in [6.07, 6.45) is -10.2. The van der Waals surface area contributed by atoms with Crippen molar-refractivity contribution in [1.29, 1.82) is 0 Å². The highest BCUT2D eigenvalue weighted by Crippen LogP contribution is 2.13. The van der Waals surface area contributed by atoms with Crippen molar-refractivity contribution in [3.63, 3.8) is 0 Å². The van der Waals surface area contributed by atoms with Crippen molar-refractivity contribution >= 4 is 17.9 Å². The molecule has 0 radical (unpaired) electrons. The number of hydrogen-bond acceptors (Lipinski definition) is 5. The van der Waals surface area contributed by atoms with Crippen LogP contribution in [-0.2, 0) is 14.4 Å². The van der Waals surface area contributed by atoms with Crippen molar-refractivity contribution in [2.24, 2.45) is 0 Å². The topological polar surface area (TPSA) is 118 Å². The third-order valence-electron chi connectivity index (χ3n) is 2.44. The number of piperazine rings is 1. The van der Waals surface area contributed by atoms with Crippen molar-refractivity contribution in [2.75, 3.05) is 39.8 Å². The van der Waals surface area contributed by atoms with Crippen molar-refractivity contribution < 1.29 is 56.0 Å². The lowest BCUT2D eigenvalue weighted by molar-refractivity contribution is -0.193. The summed E-state index contributed by atoms with van der Waals surface area (Å²) in [4.78, 5) is 32.3. The minimum atomic E-state index is -5.08. The van der Waals surface area contributed by atoms with E-state index in [-0.39, 0.29) is 6.54 Å². The summed E-state index contributed by atoms with van der Waals surface area (Å²) in [5.74, 6) is -6.24. The van der Waals surface area contributed by atoms with Gasteiger partial charge in [0.15, 0.2) is 0 Å². The van der Waals surface area contributed by atoms with Crippen LogP contribution in [0.1, 0.15) is 0 Å². The standard InChI is InChI=1S/C7H14N2O2.2C2HF3O2/c1-8-2-4-9(5-3-8)6-7(10)11;2*3-2(4,5)1(6)7/h2-6H2,1H3,(H,10,11);2*(H,6,7). The number of nitrogens with zero attached hydrogens (tertiary/aromatic N) is 2. The van der Waals surface area contributed by atoms with Gasteiger partial charge in [-0.25, -0.2) is 9.59 Å². The second-order valence-electron chi connectivity index (χ2n) is 4.58. The quantitative estimate of drug-likeness (QED) is 0.590. The lowest BCUT2D eigenvalue weighted by atomic mass is 10.3. The molecule has 8 nitrogen and oxygen atoms in total. The zero-order chi connectivity index (χ0) is 20.4. The Kier molecular flexibility index (Phi) is 10.8. The first-order chi connectivity index (χ1) is 11.1. The highest BCUT2D eigenvalue weighted by atomic mass is 19.4. The lowest BCUT2D eigenvalue weighted by Gasteiger charge is -2.30. The normalized spacial score (nSPS) is 16.0. The number of aliphatic carboxylic acids is 3. The number of halogens is 6. The minimum absolute atomic E-state index is 0.188. The summed E-state index contributed by atoms with van der Waals surface area (Å²) in [6, 6.07) is 0. The number of carboxylic acids is 3. The Morgan fingerprint density at radius 3 is 1.28 bits per heavy atom. The summed E-state index contributed by atoms with van der Waals surface area (Å²) >= 11 is 0. The molecule has 0 saturated carbocycles. The number of carboxylic acid groups (broad SMARTS) is 3. The molecule has 0 amide bonds. The smallest absolute Gasteiger partial charge is 0.480 e. The summed E-state index contributed by atoms with van der Waals surface area (Å²) in [5.41, 5.74) is 0. The third-order valence-corrected chi connectivity index (χ3v) is 2.44. The highest BCUT2D eigenvalue weighted by Gasteiger charge is 2.38. The van der Waals surface area contributed by atoms with Gasteiger partial charge in [-0.05, 0) is 7.05 Å². The molecule has 0 atom stereocenters. The van der Waals surface area contributed by atoms with Gasteiger partial charge in [0.1, 0.15) is 0 Å². The Hall–Kier alpha value is -2.09. The Morgan fingerprint density at radius 2 is 1.08 bits per heavy atom. The minimum Gasteiger partial charge on any atom is -0.480 e. The molecule has 0 spiro atoms. The van der Waals surface area contributed by atoms with Gasteiger partial charge in [0, 0.05) is 26.2 Å². The number of carbonyl (C=O) groups is 3. The van der Waals surface area contributed by atoms with Crippen molar-refractivity contribution in [3.05, 3.63) is 0 Å². The van der Waals surface area contributed by atoms with Crippen LogP contribution in [0.5, 0.6) is 0 Å². The molecule has 1 saturated heterocycles. The first-order valence-electron chi connectivity index (χ1n) is 6.30. The predicted octanol–water partition coefficient (Wildman–Crippen LogP) is 0.585. The summed E-state index contributed by atoms with van der Waals surface area (Å²) in [5, 5.41) is 22.7. The molecule has 1 aliphatic rings. The first kappa shape index (κ1) is 25.2. The summed E-state index contributed by atoms with van der Waals surface area (Å²) in [6.45, 7) is 3.90. The maximum Gasteiger partial charge on any atom is 0.490 e. The van der Waals surface area contributed by atoms with Gasteiger partial charge in [-0.3, -0.25) is 9.69 Å². The van der Waals surface area contributed by atoms with Crippen LogP contribution < -0.4 is 0 Å². The molecule has 1 aliphatic heterocycles. The molecule has 0 unspecified atom stereocenters. The van der Waals surface area contributed by atoms with Gasteiger partial charge in [0.2, 0.25) is 0 Å². The fourth-order valence-electron chi connectivity index (χ4n) is 1.20. The van der Waals surface area contributed by atoms with Crippen LogP contribution in [0.25, 0.3) is 0 Å². The van der Waals surface area contributed by atoms with Gasteiger partial charge in [-0.1, -0.05) is 0 Å². The van der Waals surface area contributed by atoms with Gasteiger partial charge in [0.05, 0.1) is 6.54 Å². The van der Waals surface area contributed by atoms with Crippen LogP contribution in [0.15, 0.2) is 0 Å². The van der Waals surface area contributed by atoms with E-state index in [0.29, 0.717) is 0 Å². The van der Waals surface area contributed by atoms with Gasteiger partial charge >= 0.3 is 30.3 Å². The van der Waals surface area contributed by atoms with E-state index >= 15 is 0 Å². The molecule has 0 aromatic rings. The van der Waals surface area contributed by atoms with E-state index in [9.17, 15) is 31.1 Å². The van der Waals surface area contributed by atoms with Crippen LogP contribution in [0, 0.1) is 0 Å². The molecule has 0 aliphatic carbocycles. The van der Waals surface area contributed by atoms with Crippen molar-refractivity contribution in [1.82, 2.24) is 9.80 Å². The number of likely N-dealkylation sites (N-methyl/N-ethyl adjacent to an activating group) is 1. The largest absolute Gasteiger partial charge is 0.490 e. The Labute approximate surface area is 137 Å². The maximum absolute atomic E-state index is 10.6. The zero-order valence-electron chi connectivity index (χ0n) is 12.8. The fourth-order valence-corrected chi connectivity index (χ4v) is 1.20. The van der Waals surface area contributed by atoms with Gasteiger partial charge < -0.3 is 20.2 Å². The zero-order valence-corrected chi connectivity index (χ0v) is 12.8. The van der Waals surface area contributed by atoms with E-state index in [1.54, 1.807) is 0 Å². The molecule has 1 heterocycles. The van der Waals surface area contributed by atoms with E-state index in [1.807, 2.05) is 4.90 Å². The number of alkyl halides is 6. The molecule has 25 heavy (non-hydrogen) atoms. The van der Waals surface area contributed by atoms with Crippen LogP contribution in [0.3, 0.4) is 0 Å². The fraction of sp³-hybridized carbons (Fsp3) is 0.727. The van der Waals surface area contributed by atoms with E-state index < -0.39 is 30.3 Å². The van der Waals surface area contributed by atoms with Crippen molar-refractivity contribution in [3.8, 4) is 0 Å². The number of rotatable bonds is 2. The molecule has 0 aromatic heterocycles. The SMILES string of the molecule is CN1CCN(CC(=O)O)CC1.O=C(O)C(F)(F)F.O=C(O)C(F)(F)F. The Bertz CT molecular complexity index is 421. The van der Waals surface area contributed by atoms with Crippen LogP contribution in [0.2, 0.25) is 0 Å². The molecule has 14 heteroatoms. The monoisotopic (exact) mass is 386 g/mol. The number of hydrogen-bond donors (Lipinski definition) is 3. The predicted molar refractivity (Wildman–Crippen MR) is 69.0 cm³/mol. The van der Waals surface area contributed by atoms with E-state index in [1.165, 1.54) is 0 Å². The Morgan fingerprint density at radius 1 is 0.800 bits per heavy atom. The molecular weight excluding hydrogens is 370 g/mol.